The van der Waals surface area contributed by atoms with Gasteiger partial charge in [0, 0.05) is 29.7 Å². The van der Waals surface area contributed by atoms with Gasteiger partial charge in [-0.2, -0.15) is 0 Å². The average Bonchev–Trinajstić information content (AvgIpc) is 2.49. The molecule has 0 aliphatic heterocycles. The Morgan fingerprint density at radius 3 is 2.53 bits per heavy atom. The van der Waals surface area contributed by atoms with E-state index in [4.69, 9.17) is 0 Å². The van der Waals surface area contributed by atoms with Crippen LogP contribution in [0.15, 0.2) is 67.1 Å². The van der Waals surface area contributed by atoms with Gasteiger partial charge in [-0.1, -0.05) is 30.3 Å². The first-order valence-corrected chi connectivity index (χ1v) is 6.27. The van der Waals surface area contributed by atoms with Gasteiger partial charge >= 0.3 is 0 Å². The van der Waals surface area contributed by atoms with E-state index in [1.54, 1.807) is 6.20 Å². The number of hydrogen-bond donors (Lipinski definition) is 0. The Bertz CT molecular complexity index is 690. The van der Waals surface area contributed by atoms with Crippen molar-refractivity contribution in [2.45, 2.75) is 6.92 Å². The van der Waals surface area contributed by atoms with Crippen LogP contribution in [-0.4, -0.2) is 9.97 Å². The number of pyridine rings is 2. The molecule has 0 bridgehead atoms. The van der Waals surface area contributed by atoms with E-state index < -0.39 is 0 Å². The van der Waals surface area contributed by atoms with Gasteiger partial charge in [0.05, 0.1) is 5.69 Å². The fourth-order valence-corrected chi connectivity index (χ4v) is 2.15. The van der Waals surface area contributed by atoms with E-state index in [0.717, 1.165) is 16.8 Å². The van der Waals surface area contributed by atoms with Crippen molar-refractivity contribution in [3.05, 3.63) is 72.7 Å². The Morgan fingerprint density at radius 1 is 0.842 bits per heavy atom. The summed E-state index contributed by atoms with van der Waals surface area (Å²) < 4.78 is 0. The van der Waals surface area contributed by atoms with Crippen LogP contribution in [0.2, 0.25) is 0 Å². The Hall–Kier alpha value is -2.48. The summed E-state index contributed by atoms with van der Waals surface area (Å²) in [6, 6.07) is 16.4. The van der Waals surface area contributed by atoms with E-state index in [1.807, 2.05) is 36.7 Å². The molecule has 3 aromatic rings. The summed E-state index contributed by atoms with van der Waals surface area (Å²) in [4.78, 5) is 8.64. The van der Waals surface area contributed by atoms with Crippen molar-refractivity contribution in [3.8, 4) is 22.4 Å². The third-order valence-electron chi connectivity index (χ3n) is 3.18. The van der Waals surface area contributed by atoms with Gasteiger partial charge in [-0.25, -0.2) is 0 Å². The molecular weight excluding hydrogens is 232 g/mol. The highest BCUT2D eigenvalue weighted by Gasteiger charge is 2.04. The molecule has 0 aliphatic carbocycles. The molecule has 0 N–H and O–H groups in total. The maximum absolute atomic E-state index is 4.48. The first kappa shape index (κ1) is 11.6. The summed E-state index contributed by atoms with van der Waals surface area (Å²) in [5, 5.41) is 0. The zero-order chi connectivity index (χ0) is 13.1. The minimum Gasteiger partial charge on any atom is -0.264 e. The Morgan fingerprint density at radius 2 is 1.74 bits per heavy atom. The lowest BCUT2D eigenvalue weighted by atomic mass is 10.0. The van der Waals surface area contributed by atoms with E-state index in [9.17, 15) is 0 Å². The first-order valence-electron chi connectivity index (χ1n) is 6.27. The first-order chi connectivity index (χ1) is 9.34. The summed E-state index contributed by atoms with van der Waals surface area (Å²) in [6.07, 6.45) is 5.51. The molecule has 2 nitrogen and oxygen atoms in total. The van der Waals surface area contributed by atoms with Crippen molar-refractivity contribution in [1.82, 2.24) is 9.97 Å². The Kier molecular flexibility index (Phi) is 3.07. The molecule has 0 saturated heterocycles. The highest BCUT2D eigenvalue weighted by atomic mass is 14.7. The highest BCUT2D eigenvalue weighted by molar-refractivity contribution is 5.71. The second-order valence-electron chi connectivity index (χ2n) is 4.49. The van der Waals surface area contributed by atoms with Crippen molar-refractivity contribution < 1.29 is 0 Å². The van der Waals surface area contributed by atoms with Gasteiger partial charge in [0.15, 0.2) is 0 Å². The zero-order valence-electron chi connectivity index (χ0n) is 10.7. The predicted molar refractivity (Wildman–Crippen MR) is 77.6 cm³/mol. The molecule has 0 radical (unpaired) electrons. The Labute approximate surface area is 112 Å². The number of rotatable bonds is 2. The van der Waals surface area contributed by atoms with E-state index in [1.165, 1.54) is 11.1 Å². The van der Waals surface area contributed by atoms with Crippen LogP contribution in [-0.2, 0) is 0 Å². The van der Waals surface area contributed by atoms with Gasteiger partial charge in [0.1, 0.15) is 0 Å². The predicted octanol–water partition coefficient (Wildman–Crippen LogP) is 4.12. The second-order valence-corrected chi connectivity index (χ2v) is 4.49. The van der Waals surface area contributed by atoms with Crippen molar-refractivity contribution in [2.24, 2.45) is 0 Å². The fraction of sp³-hybridized carbons (Fsp3) is 0.0588. The van der Waals surface area contributed by atoms with Gasteiger partial charge in [-0.15, -0.1) is 0 Å². The topological polar surface area (TPSA) is 25.8 Å². The highest BCUT2D eigenvalue weighted by Crippen LogP contribution is 2.25. The molecule has 0 atom stereocenters. The van der Waals surface area contributed by atoms with Crippen LogP contribution < -0.4 is 0 Å². The van der Waals surface area contributed by atoms with E-state index in [2.05, 4.69) is 41.2 Å². The molecule has 2 heteroatoms. The molecule has 1 aromatic carbocycles. The third kappa shape index (κ3) is 2.38. The number of hydrogen-bond acceptors (Lipinski definition) is 2. The van der Waals surface area contributed by atoms with Gasteiger partial charge < -0.3 is 0 Å². The van der Waals surface area contributed by atoms with Crippen LogP contribution >= 0.6 is 0 Å². The summed E-state index contributed by atoms with van der Waals surface area (Å²) in [6.45, 7) is 2.10. The molecule has 92 valence electrons. The molecule has 0 spiro atoms. The van der Waals surface area contributed by atoms with Crippen molar-refractivity contribution in [2.75, 3.05) is 0 Å². The van der Waals surface area contributed by atoms with Gasteiger partial charge in [0.25, 0.3) is 0 Å². The maximum atomic E-state index is 4.48. The largest absolute Gasteiger partial charge is 0.264 e. The molecule has 2 aromatic heterocycles. The number of nitrogens with zero attached hydrogens (tertiary/aromatic N) is 2. The number of aromatic nitrogens is 2. The molecule has 19 heavy (non-hydrogen) atoms. The molecule has 2 heterocycles. The SMILES string of the molecule is Cc1ccccc1-c1cc(-c2cccnc2)ccn1. The third-order valence-corrected chi connectivity index (χ3v) is 3.18. The fourth-order valence-electron chi connectivity index (χ4n) is 2.15. The van der Waals surface area contributed by atoms with Crippen LogP contribution in [0.4, 0.5) is 0 Å². The van der Waals surface area contributed by atoms with E-state index in [0.29, 0.717) is 0 Å². The van der Waals surface area contributed by atoms with E-state index in [-0.39, 0.29) is 0 Å². The van der Waals surface area contributed by atoms with Crippen molar-refractivity contribution >= 4 is 0 Å². The molecule has 0 fully saturated rings. The molecule has 0 aliphatic rings. The standard InChI is InChI=1S/C17H14N2/c1-13-5-2-3-7-16(13)17-11-14(8-10-19-17)15-6-4-9-18-12-15/h2-12H,1H3. The lowest BCUT2D eigenvalue weighted by molar-refractivity contribution is 1.29. The summed E-state index contributed by atoms with van der Waals surface area (Å²) in [5.74, 6) is 0. The summed E-state index contributed by atoms with van der Waals surface area (Å²) in [5.41, 5.74) is 5.66. The lowest BCUT2D eigenvalue weighted by Gasteiger charge is -2.07. The number of aryl methyl sites for hydroxylation is 1. The molecule has 0 unspecified atom stereocenters. The molecule has 3 rings (SSSR count). The average molecular weight is 246 g/mol. The quantitative estimate of drug-likeness (QED) is 0.679. The minimum atomic E-state index is 0.999. The van der Waals surface area contributed by atoms with Gasteiger partial charge in [0.2, 0.25) is 0 Å². The van der Waals surface area contributed by atoms with Crippen molar-refractivity contribution in [1.29, 1.82) is 0 Å². The second kappa shape index (κ2) is 5.02. The lowest BCUT2D eigenvalue weighted by Crippen LogP contribution is -1.88. The van der Waals surface area contributed by atoms with Crippen LogP contribution in [0.25, 0.3) is 22.4 Å². The smallest absolute Gasteiger partial charge is 0.0710 e. The normalized spacial score (nSPS) is 10.4. The zero-order valence-corrected chi connectivity index (χ0v) is 10.7. The van der Waals surface area contributed by atoms with E-state index >= 15 is 0 Å². The Balaban J connectivity index is 2.09. The van der Waals surface area contributed by atoms with Crippen LogP contribution in [0, 0.1) is 6.92 Å². The molecule has 0 saturated carbocycles. The van der Waals surface area contributed by atoms with Gasteiger partial charge in [-0.3, -0.25) is 9.97 Å². The minimum absolute atomic E-state index is 0.999. The van der Waals surface area contributed by atoms with Crippen LogP contribution in [0.1, 0.15) is 5.56 Å². The summed E-state index contributed by atoms with van der Waals surface area (Å²) in [7, 11) is 0. The molecule has 0 amide bonds. The maximum Gasteiger partial charge on any atom is 0.0710 e. The number of benzene rings is 1. The monoisotopic (exact) mass is 246 g/mol. The summed E-state index contributed by atoms with van der Waals surface area (Å²) >= 11 is 0. The van der Waals surface area contributed by atoms with Crippen molar-refractivity contribution in [3.63, 3.8) is 0 Å². The van der Waals surface area contributed by atoms with Crippen LogP contribution in [0.5, 0.6) is 0 Å². The van der Waals surface area contributed by atoms with Gasteiger partial charge in [-0.05, 0) is 36.2 Å². The van der Waals surface area contributed by atoms with Crippen LogP contribution in [0.3, 0.4) is 0 Å². The molecular formula is C17H14N2.